The molecule has 0 amide bonds. The molecule has 2 nitrogen and oxygen atoms in total. The molecule has 0 saturated heterocycles. The smallest absolute Gasteiger partial charge is 0.143 e. The Hall–Kier alpha value is -1.74. The highest BCUT2D eigenvalue weighted by Gasteiger charge is 2.08. The molecule has 2 aromatic rings. The lowest BCUT2D eigenvalue weighted by Gasteiger charge is -2.14. The minimum Gasteiger partial charge on any atom is -0.495 e. The molecule has 0 radical (unpaired) electrons. The van der Waals surface area contributed by atoms with E-state index >= 15 is 0 Å². The highest BCUT2D eigenvalue weighted by molar-refractivity contribution is 6.31. The van der Waals surface area contributed by atoms with E-state index in [0.29, 0.717) is 22.9 Å². The van der Waals surface area contributed by atoms with Gasteiger partial charge in [0.15, 0.2) is 0 Å². The Kier molecular flexibility index (Phi) is 4.50. The first kappa shape index (κ1) is 14.7. The zero-order chi connectivity index (χ0) is 14.7. The van der Waals surface area contributed by atoms with E-state index in [1.165, 1.54) is 6.07 Å². The number of ether oxygens (including phenoxy) is 1. The summed E-state index contributed by atoms with van der Waals surface area (Å²) in [6, 6.07) is 8.72. The Balaban J connectivity index is 2.22. The molecule has 0 atom stereocenters. The van der Waals surface area contributed by atoms with E-state index in [4.69, 9.17) is 16.3 Å². The van der Waals surface area contributed by atoms with E-state index in [1.807, 2.05) is 26.0 Å². The van der Waals surface area contributed by atoms with Gasteiger partial charge in [-0.15, -0.1) is 0 Å². The molecule has 0 bridgehead atoms. The predicted octanol–water partition coefficient (Wildman–Crippen LogP) is 4.72. The molecule has 0 saturated carbocycles. The minimum absolute atomic E-state index is 0.215. The molecule has 20 heavy (non-hydrogen) atoms. The molecule has 0 heterocycles. The second kappa shape index (κ2) is 6.14. The normalized spacial score (nSPS) is 10.4. The highest BCUT2D eigenvalue weighted by atomic mass is 35.5. The molecule has 106 valence electrons. The van der Waals surface area contributed by atoms with Crippen molar-refractivity contribution in [2.75, 3.05) is 12.4 Å². The predicted molar refractivity (Wildman–Crippen MR) is 81.2 cm³/mol. The number of hydrogen-bond acceptors (Lipinski definition) is 2. The molecule has 0 aliphatic rings. The van der Waals surface area contributed by atoms with Gasteiger partial charge in [0.2, 0.25) is 0 Å². The van der Waals surface area contributed by atoms with Gasteiger partial charge >= 0.3 is 0 Å². The maximum absolute atomic E-state index is 13.7. The summed E-state index contributed by atoms with van der Waals surface area (Å²) in [5.74, 6) is 0.432. The maximum atomic E-state index is 13.7. The fourth-order valence-corrected chi connectivity index (χ4v) is 2.15. The van der Waals surface area contributed by atoms with Crippen molar-refractivity contribution in [2.24, 2.45) is 0 Å². The summed E-state index contributed by atoms with van der Waals surface area (Å²) < 4.78 is 19.0. The van der Waals surface area contributed by atoms with Gasteiger partial charge in [-0.2, -0.15) is 0 Å². The zero-order valence-electron chi connectivity index (χ0n) is 11.8. The lowest BCUT2D eigenvalue weighted by molar-refractivity contribution is 0.416. The van der Waals surface area contributed by atoms with Crippen molar-refractivity contribution in [2.45, 2.75) is 20.4 Å². The average molecular weight is 294 g/mol. The fraction of sp³-hybridized carbons (Fsp3) is 0.250. The number of aryl methyl sites for hydroxylation is 2. The standard InChI is InChI=1S/C16H17ClFNO/c1-10-4-5-14(18)12(6-10)9-19-15-7-11(2)13(17)8-16(15)20-3/h4-8,19H,9H2,1-3H3. The van der Waals surface area contributed by atoms with Crippen LogP contribution in [0.5, 0.6) is 5.75 Å². The van der Waals surface area contributed by atoms with Crippen LogP contribution in [-0.4, -0.2) is 7.11 Å². The van der Waals surface area contributed by atoms with Gasteiger partial charge in [-0.05, 0) is 31.5 Å². The van der Waals surface area contributed by atoms with Crippen LogP contribution in [-0.2, 0) is 6.54 Å². The number of halogens is 2. The van der Waals surface area contributed by atoms with Crippen molar-refractivity contribution in [3.05, 3.63) is 57.9 Å². The van der Waals surface area contributed by atoms with Crippen molar-refractivity contribution in [3.8, 4) is 5.75 Å². The molecule has 0 aromatic heterocycles. The van der Waals surface area contributed by atoms with E-state index in [0.717, 1.165) is 16.8 Å². The second-order valence-corrected chi connectivity index (χ2v) is 5.16. The lowest BCUT2D eigenvalue weighted by atomic mass is 10.1. The average Bonchev–Trinajstić information content (AvgIpc) is 2.43. The van der Waals surface area contributed by atoms with E-state index in [2.05, 4.69) is 5.32 Å². The molecular weight excluding hydrogens is 277 g/mol. The van der Waals surface area contributed by atoms with Crippen LogP contribution in [0.15, 0.2) is 30.3 Å². The molecule has 4 heteroatoms. The Morgan fingerprint density at radius 3 is 2.65 bits per heavy atom. The monoisotopic (exact) mass is 293 g/mol. The topological polar surface area (TPSA) is 21.3 Å². The third kappa shape index (κ3) is 3.23. The van der Waals surface area contributed by atoms with Gasteiger partial charge in [-0.25, -0.2) is 4.39 Å². The summed E-state index contributed by atoms with van der Waals surface area (Å²) in [7, 11) is 1.58. The first-order valence-corrected chi connectivity index (χ1v) is 6.72. The van der Waals surface area contributed by atoms with Gasteiger partial charge in [0.05, 0.1) is 12.8 Å². The van der Waals surface area contributed by atoms with Crippen LogP contribution >= 0.6 is 11.6 Å². The molecule has 1 N–H and O–H groups in total. The van der Waals surface area contributed by atoms with Gasteiger partial charge in [0.25, 0.3) is 0 Å². The Labute approximate surface area is 123 Å². The van der Waals surface area contributed by atoms with Crippen LogP contribution in [0.2, 0.25) is 5.02 Å². The van der Waals surface area contributed by atoms with Crippen molar-refractivity contribution >= 4 is 17.3 Å². The number of hydrogen-bond donors (Lipinski definition) is 1. The molecule has 0 spiro atoms. The van der Waals surface area contributed by atoms with Crippen molar-refractivity contribution < 1.29 is 9.13 Å². The van der Waals surface area contributed by atoms with Crippen molar-refractivity contribution in [1.29, 1.82) is 0 Å². The largest absolute Gasteiger partial charge is 0.495 e. The summed E-state index contributed by atoms with van der Waals surface area (Å²) in [5.41, 5.74) is 3.40. The molecule has 2 aromatic carbocycles. The quantitative estimate of drug-likeness (QED) is 0.881. The van der Waals surface area contributed by atoms with Crippen molar-refractivity contribution in [1.82, 2.24) is 0 Å². The van der Waals surface area contributed by atoms with E-state index in [-0.39, 0.29) is 5.82 Å². The Morgan fingerprint density at radius 2 is 1.95 bits per heavy atom. The van der Waals surface area contributed by atoms with Crippen LogP contribution < -0.4 is 10.1 Å². The van der Waals surface area contributed by atoms with Gasteiger partial charge in [0, 0.05) is 23.2 Å². The molecule has 0 aliphatic carbocycles. The van der Waals surface area contributed by atoms with E-state index < -0.39 is 0 Å². The van der Waals surface area contributed by atoms with Crippen LogP contribution in [0.4, 0.5) is 10.1 Å². The molecule has 2 rings (SSSR count). The maximum Gasteiger partial charge on any atom is 0.143 e. The van der Waals surface area contributed by atoms with Crippen LogP contribution in [0.25, 0.3) is 0 Å². The summed E-state index contributed by atoms with van der Waals surface area (Å²) in [4.78, 5) is 0. The second-order valence-electron chi connectivity index (χ2n) is 4.75. The number of rotatable bonds is 4. The fourth-order valence-electron chi connectivity index (χ4n) is 2.00. The summed E-state index contributed by atoms with van der Waals surface area (Å²) in [5, 5.41) is 3.84. The summed E-state index contributed by atoms with van der Waals surface area (Å²) >= 11 is 6.06. The third-order valence-electron chi connectivity index (χ3n) is 3.15. The Bertz CT molecular complexity index is 628. The van der Waals surface area contributed by atoms with E-state index in [1.54, 1.807) is 19.2 Å². The Morgan fingerprint density at radius 1 is 1.20 bits per heavy atom. The summed E-state index contributed by atoms with van der Waals surface area (Å²) in [6.45, 7) is 4.25. The first-order valence-electron chi connectivity index (χ1n) is 6.34. The van der Waals surface area contributed by atoms with Crippen LogP contribution in [0.1, 0.15) is 16.7 Å². The van der Waals surface area contributed by atoms with E-state index in [9.17, 15) is 4.39 Å². The molecule has 0 fully saturated rings. The van der Waals surface area contributed by atoms with Gasteiger partial charge in [0.1, 0.15) is 11.6 Å². The van der Waals surface area contributed by atoms with Gasteiger partial charge in [-0.3, -0.25) is 0 Å². The lowest BCUT2D eigenvalue weighted by Crippen LogP contribution is -2.04. The van der Waals surface area contributed by atoms with Crippen LogP contribution in [0.3, 0.4) is 0 Å². The number of anilines is 1. The SMILES string of the molecule is COc1cc(Cl)c(C)cc1NCc1cc(C)ccc1F. The number of methoxy groups -OCH3 is 1. The zero-order valence-corrected chi connectivity index (χ0v) is 12.5. The number of nitrogens with one attached hydrogen (secondary N) is 1. The van der Waals surface area contributed by atoms with Gasteiger partial charge in [-0.1, -0.05) is 29.3 Å². The molecule has 0 aliphatic heterocycles. The minimum atomic E-state index is -0.215. The summed E-state index contributed by atoms with van der Waals surface area (Å²) in [6.07, 6.45) is 0. The van der Waals surface area contributed by atoms with Crippen LogP contribution in [0, 0.1) is 19.7 Å². The highest BCUT2D eigenvalue weighted by Crippen LogP contribution is 2.31. The first-order chi connectivity index (χ1) is 9.51. The molecular formula is C16H17ClFNO. The van der Waals surface area contributed by atoms with Crippen molar-refractivity contribution in [3.63, 3.8) is 0 Å². The third-order valence-corrected chi connectivity index (χ3v) is 3.56. The molecule has 0 unspecified atom stereocenters. The van der Waals surface area contributed by atoms with Gasteiger partial charge < -0.3 is 10.1 Å². The number of benzene rings is 2.